The molecule has 0 fully saturated rings. The van der Waals surface area contributed by atoms with E-state index in [0.717, 1.165) is 0 Å². The van der Waals surface area contributed by atoms with Gasteiger partial charge in [0.1, 0.15) is 0 Å². The third-order valence-electron chi connectivity index (χ3n) is 1.70. The number of nitrogens with one attached hydrogen (secondary N) is 2. The normalized spacial score (nSPS) is 12.4. The molecule has 0 saturated carbocycles. The molecule has 76 valence electrons. The van der Waals surface area contributed by atoms with Gasteiger partial charge in [-0.25, -0.2) is 0 Å². The lowest BCUT2D eigenvalue weighted by molar-refractivity contribution is -0.122. The van der Waals surface area contributed by atoms with E-state index >= 15 is 0 Å². The molecule has 0 heterocycles. The highest BCUT2D eigenvalue weighted by molar-refractivity contribution is 5.81. The summed E-state index contributed by atoms with van der Waals surface area (Å²) in [4.78, 5) is 11.4. The molecule has 0 aliphatic heterocycles. The Morgan fingerprint density at radius 3 is 2.50 bits per heavy atom. The molecule has 0 aromatic heterocycles. The Labute approximate surface area is 85.6 Å². The molecule has 0 bridgehead atoms. The van der Waals surface area contributed by atoms with Gasteiger partial charge >= 0.3 is 0 Å². The van der Waals surface area contributed by atoms with Crippen molar-refractivity contribution in [2.24, 2.45) is 0 Å². The minimum absolute atomic E-state index is 0.147. The maximum Gasteiger partial charge on any atom is 0.237 e. The van der Waals surface area contributed by atoms with E-state index < -0.39 is 5.54 Å². The largest absolute Gasteiger partial charge is 0.344 e. The van der Waals surface area contributed by atoms with Gasteiger partial charge in [-0.2, -0.15) is 0 Å². The monoisotopic (exact) mass is 192 g/mol. The van der Waals surface area contributed by atoms with Crippen LogP contribution in [0.3, 0.4) is 0 Å². The van der Waals surface area contributed by atoms with Crippen molar-refractivity contribution < 1.29 is 4.79 Å². The molecule has 1 unspecified atom stereocenters. The Kier molecular flexibility index (Phi) is 4.77. The lowest BCUT2D eigenvalue weighted by Gasteiger charge is -2.24. The van der Waals surface area contributed by atoms with Crippen molar-refractivity contribution in [3.05, 3.63) is 0 Å². The van der Waals surface area contributed by atoms with Crippen LogP contribution in [0.15, 0.2) is 0 Å². The van der Waals surface area contributed by atoms with Gasteiger partial charge < -0.3 is 5.32 Å². The Hall–Kier alpha value is -1.45. The highest BCUT2D eigenvalue weighted by Gasteiger charge is 2.20. The highest BCUT2D eigenvalue weighted by Crippen LogP contribution is 2.00. The molecule has 3 heteroatoms. The first-order valence-corrected chi connectivity index (χ1v) is 4.39. The van der Waals surface area contributed by atoms with E-state index in [-0.39, 0.29) is 18.5 Å². The summed E-state index contributed by atoms with van der Waals surface area (Å²) in [6.45, 7) is 5.64. The first-order chi connectivity index (χ1) is 6.43. The fourth-order valence-electron chi connectivity index (χ4n) is 0.940. The zero-order valence-electron chi connectivity index (χ0n) is 8.85. The van der Waals surface area contributed by atoms with Crippen molar-refractivity contribution >= 4 is 5.91 Å². The topological polar surface area (TPSA) is 41.1 Å². The van der Waals surface area contributed by atoms with Crippen molar-refractivity contribution in [3.8, 4) is 24.7 Å². The zero-order chi connectivity index (χ0) is 11.2. The van der Waals surface area contributed by atoms with Crippen LogP contribution in [-0.4, -0.2) is 24.0 Å². The van der Waals surface area contributed by atoms with E-state index in [4.69, 9.17) is 12.8 Å². The van der Waals surface area contributed by atoms with Crippen molar-refractivity contribution in [2.75, 3.05) is 6.54 Å². The maximum atomic E-state index is 11.4. The van der Waals surface area contributed by atoms with Gasteiger partial charge in [0.05, 0.1) is 18.1 Å². The van der Waals surface area contributed by atoms with Gasteiger partial charge in [-0.3, -0.25) is 10.1 Å². The van der Waals surface area contributed by atoms with Gasteiger partial charge in [0.25, 0.3) is 0 Å². The van der Waals surface area contributed by atoms with Gasteiger partial charge in [0, 0.05) is 0 Å². The second kappa shape index (κ2) is 5.32. The van der Waals surface area contributed by atoms with E-state index in [2.05, 4.69) is 22.5 Å². The lowest BCUT2D eigenvalue weighted by atomic mass is 10.1. The Bertz CT molecular complexity index is 281. The summed E-state index contributed by atoms with van der Waals surface area (Å²) in [5, 5.41) is 5.57. The first-order valence-electron chi connectivity index (χ1n) is 4.39. The summed E-state index contributed by atoms with van der Waals surface area (Å²) in [7, 11) is 0. The number of hydrogen-bond acceptors (Lipinski definition) is 2. The molecule has 0 radical (unpaired) electrons. The maximum absolute atomic E-state index is 11.4. The third kappa shape index (κ3) is 4.54. The molecular formula is C11H16N2O. The summed E-state index contributed by atoms with van der Waals surface area (Å²) in [6, 6.07) is -0.352. The van der Waals surface area contributed by atoms with E-state index in [0.29, 0.717) is 0 Å². The van der Waals surface area contributed by atoms with E-state index in [1.165, 1.54) is 0 Å². The quantitative estimate of drug-likeness (QED) is 0.621. The highest BCUT2D eigenvalue weighted by atomic mass is 16.2. The van der Waals surface area contributed by atoms with Crippen LogP contribution < -0.4 is 10.6 Å². The fraction of sp³-hybridized carbons (Fsp3) is 0.545. The molecule has 3 nitrogen and oxygen atoms in total. The molecule has 14 heavy (non-hydrogen) atoms. The number of carbonyl (C=O) groups is 1. The van der Waals surface area contributed by atoms with E-state index in [1.807, 2.05) is 13.8 Å². The van der Waals surface area contributed by atoms with Crippen molar-refractivity contribution in [2.45, 2.75) is 32.4 Å². The van der Waals surface area contributed by atoms with Crippen LogP contribution in [0.4, 0.5) is 0 Å². The van der Waals surface area contributed by atoms with Crippen molar-refractivity contribution in [1.29, 1.82) is 0 Å². The van der Waals surface area contributed by atoms with Crippen molar-refractivity contribution in [3.63, 3.8) is 0 Å². The molecule has 1 amide bonds. The predicted octanol–water partition coefficient (Wildman–Crippen LogP) is 0.126. The molecule has 1 atom stereocenters. The number of carbonyl (C=O) groups excluding carboxylic acids is 1. The van der Waals surface area contributed by atoms with Crippen LogP contribution in [0.2, 0.25) is 0 Å². The summed E-state index contributed by atoms with van der Waals surface area (Å²) >= 11 is 0. The number of hydrogen-bond donors (Lipinski definition) is 2. The molecule has 0 rings (SSSR count). The van der Waals surface area contributed by atoms with Crippen molar-refractivity contribution in [1.82, 2.24) is 10.6 Å². The molecule has 0 spiro atoms. The lowest BCUT2D eigenvalue weighted by Crippen LogP contribution is -2.50. The molecule has 0 aliphatic carbocycles. The summed E-state index contributed by atoms with van der Waals surface area (Å²) in [5.74, 6) is 4.74. The zero-order valence-corrected chi connectivity index (χ0v) is 8.85. The van der Waals surface area contributed by atoms with E-state index in [1.54, 1.807) is 6.92 Å². The van der Waals surface area contributed by atoms with Gasteiger partial charge in [-0.05, 0) is 20.8 Å². The number of terminal acetylenes is 2. The standard InChI is InChI=1S/C11H16N2O/c1-6-8-12-10(14)9(3)13-11(4,5)7-2/h1-2,9,13H,8H2,3-5H3,(H,12,14). The molecule has 0 saturated heterocycles. The minimum atomic E-state index is -0.493. The van der Waals surface area contributed by atoms with Crippen LogP contribution in [0.1, 0.15) is 20.8 Å². The molecule has 0 aromatic carbocycles. The fourth-order valence-corrected chi connectivity index (χ4v) is 0.940. The molecule has 2 N–H and O–H groups in total. The Morgan fingerprint density at radius 2 is 2.07 bits per heavy atom. The van der Waals surface area contributed by atoms with Crippen LogP contribution in [0, 0.1) is 24.7 Å². The van der Waals surface area contributed by atoms with Gasteiger partial charge in [0.15, 0.2) is 0 Å². The first kappa shape index (κ1) is 12.6. The Balaban J connectivity index is 4.11. The number of amides is 1. The smallest absolute Gasteiger partial charge is 0.237 e. The van der Waals surface area contributed by atoms with Crippen LogP contribution in [0.25, 0.3) is 0 Å². The minimum Gasteiger partial charge on any atom is -0.344 e. The second-order valence-electron chi connectivity index (χ2n) is 3.56. The summed E-state index contributed by atoms with van der Waals surface area (Å²) in [6.07, 6.45) is 10.3. The van der Waals surface area contributed by atoms with E-state index in [9.17, 15) is 4.79 Å². The third-order valence-corrected chi connectivity index (χ3v) is 1.70. The van der Waals surface area contributed by atoms with Crippen LogP contribution >= 0.6 is 0 Å². The summed E-state index contributed by atoms with van der Waals surface area (Å²) in [5.41, 5.74) is -0.493. The Morgan fingerprint density at radius 1 is 1.50 bits per heavy atom. The summed E-state index contributed by atoms with van der Waals surface area (Å²) < 4.78 is 0. The van der Waals surface area contributed by atoms with Gasteiger partial charge in [-0.15, -0.1) is 12.8 Å². The average molecular weight is 192 g/mol. The molecule has 0 aromatic rings. The predicted molar refractivity (Wildman–Crippen MR) is 57.4 cm³/mol. The van der Waals surface area contributed by atoms with Crippen LogP contribution in [-0.2, 0) is 4.79 Å². The van der Waals surface area contributed by atoms with Gasteiger partial charge in [-0.1, -0.05) is 11.8 Å². The SMILES string of the molecule is C#CCNC(=O)C(C)NC(C)(C)C#C. The number of rotatable bonds is 4. The second-order valence-corrected chi connectivity index (χ2v) is 3.56. The molecule has 0 aliphatic rings. The molecular weight excluding hydrogens is 176 g/mol. The van der Waals surface area contributed by atoms with Crippen LogP contribution in [0.5, 0.6) is 0 Å². The average Bonchev–Trinajstić information content (AvgIpc) is 2.13. The van der Waals surface area contributed by atoms with Gasteiger partial charge in [0.2, 0.25) is 5.91 Å².